The molecule has 10 heteroatoms. The van der Waals surface area contributed by atoms with Gasteiger partial charge in [-0.3, -0.25) is 4.79 Å². The van der Waals surface area contributed by atoms with E-state index in [1.807, 2.05) is 6.92 Å². The molecule has 0 saturated carbocycles. The first-order chi connectivity index (χ1) is 14.2. The topological polar surface area (TPSA) is 80.3 Å². The van der Waals surface area contributed by atoms with Crippen molar-refractivity contribution in [3.63, 3.8) is 0 Å². The maximum Gasteiger partial charge on any atom is 0.272 e. The average Bonchev–Trinajstić information content (AvgIpc) is 2.72. The van der Waals surface area contributed by atoms with E-state index in [0.29, 0.717) is 17.8 Å². The molecule has 0 radical (unpaired) electrons. The molecule has 0 aliphatic rings. The number of anilines is 1. The first-order valence-corrected chi connectivity index (χ1v) is 9.01. The summed E-state index contributed by atoms with van der Waals surface area (Å²) in [7, 11) is 1.65. The highest BCUT2D eigenvalue weighted by Crippen LogP contribution is 2.26. The van der Waals surface area contributed by atoms with Crippen LogP contribution in [-0.4, -0.2) is 37.3 Å². The largest absolute Gasteiger partial charge is 0.482 e. The van der Waals surface area contributed by atoms with Crippen molar-refractivity contribution in [2.24, 2.45) is 0 Å². The molecular weight excluding hydrogens is 406 g/mol. The molecule has 1 amide bonds. The molecule has 2 rings (SSSR count). The molecule has 1 heterocycles. The van der Waals surface area contributed by atoms with Gasteiger partial charge in [0.2, 0.25) is 0 Å². The van der Waals surface area contributed by atoms with Crippen molar-refractivity contribution >= 4 is 18.0 Å². The molecule has 1 unspecified atom stereocenters. The summed E-state index contributed by atoms with van der Waals surface area (Å²) in [6.45, 7) is 2.23. The number of nitrogens with zero attached hydrogens (tertiary/aromatic N) is 1. The van der Waals surface area contributed by atoms with Crippen LogP contribution in [0.2, 0.25) is 0 Å². The molecule has 0 fully saturated rings. The van der Waals surface area contributed by atoms with E-state index >= 15 is 0 Å². The summed E-state index contributed by atoms with van der Waals surface area (Å²) in [5, 5.41) is 5.39. The minimum atomic E-state index is -2.85. The second kappa shape index (κ2) is 12.4. The van der Waals surface area contributed by atoms with Crippen LogP contribution in [0.1, 0.15) is 42.2 Å². The second-order valence-electron chi connectivity index (χ2n) is 5.97. The Morgan fingerprint density at radius 2 is 1.83 bits per heavy atom. The number of carbonyl (C=O) groups is 2. The smallest absolute Gasteiger partial charge is 0.272 e. The first-order valence-electron chi connectivity index (χ1n) is 9.01. The molecule has 2 N–H and O–H groups in total. The Labute approximate surface area is 171 Å². The zero-order valence-corrected chi connectivity index (χ0v) is 16.7. The Bertz CT molecular complexity index is 827. The summed E-state index contributed by atoms with van der Waals surface area (Å²) in [5.41, 5.74) is 0.440. The molecule has 0 saturated heterocycles. The van der Waals surface area contributed by atoms with E-state index < -0.39 is 42.4 Å². The predicted octanol–water partition coefficient (Wildman–Crippen LogP) is 4.13. The molecule has 1 atom stereocenters. The van der Waals surface area contributed by atoms with Crippen LogP contribution in [-0.2, 0) is 4.79 Å². The Hall–Kier alpha value is -3.17. The van der Waals surface area contributed by atoms with Gasteiger partial charge >= 0.3 is 0 Å². The van der Waals surface area contributed by atoms with Gasteiger partial charge in [-0.05, 0) is 36.8 Å². The minimum Gasteiger partial charge on any atom is -0.482 e. The molecule has 0 aliphatic carbocycles. The van der Waals surface area contributed by atoms with Gasteiger partial charge in [-0.1, -0.05) is 6.92 Å². The van der Waals surface area contributed by atoms with Gasteiger partial charge in [0.25, 0.3) is 12.3 Å². The molecule has 2 aromatic rings. The number of benzene rings is 1. The lowest BCUT2D eigenvalue weighted by Gasteiger charge is -2.16. The average molecular weight is 429 g/mol. The molecule has 164 valence electrons. The van der Waals surface area contributed by atoms with Crippen molar-refractivity contribution in [2.75, 3.05) is 19.0 Å². The highest BCUT2D eigenvalue weighted by Gasteiger charge is 2.19. The summed E-state index contributed by atoms with van der Waals surface area (Å²) >= 11 is 0. The van der Waals surface area contributed by atoms with Gasteiger partial charge in [0.15, 0.2) is 17.4 Å². The fourth-order valence-electron chi connectivity index (χ4n) is 2.19. The predicted molar refractivity (Wildman–Crippen MR) is 104 cm³/mol. The van der Waals surface area contributed by atoms with Crippen molar-refractivity contribution in [3.8, 4) is 5.75 Å². The van der Waals surface area contributed by atoms with E-state index in [1.165, 1.54) is 25.3 Å². The van der Waals surface area contributed by atoms with Gasteiger partial charge in [-0.25, -0.2) is 22.5 Å². The van der Waals surface area contributed by atoms with Crippen molar-refractivity contribution in [1.29, 1.82) is 0 Å². The number of carbonyl (C=O) groups excluding carboxylic acids is 2. The Balaban J connectivity index is 0.00000103. The number of aldehydes is 1. The second-order valence-corrected chi connectivity index (χ2v) is 5.97. The van der Waals surface area contributed by atoms with Gasteiger partial charge in [-0.2, -0.15) is 0 Å². The number of rotatable bonds is 8. The van der Waals surface area contributed by atoms with Crippen LogP contribution in [0.25, 0.3) is 0 Å². The van der Waals surface area contributed by atoms with Crippen LogP contribution < -0.4 is 15.4 Å². The van der Waals surface area contributed by atoms with Crippen molar-refractivity contribution in [3.05, 3.63) is 53.2 Å². The van der Waals surface area contributed by atoms with Gasteiger partial charge < -0.3 is 20.2 Å². The molecule has 30 heavy (non-hydrogen) atoms. The molecule has 1 aromatic heterocycles. The monoisotopic (exact) mass is 429 g/mol. The third kappa shape index (κ3) is 7.69. The SMILES string of the molecule is CCC=O.CNc1cc(C(=O)NC(C)c2cc(F)c(OCC(F)F)c(F)c2)ccn1. The van der Waals surface area contributed by atoms with E-state index in [1.54, 1.807) is 7.05 Å². The summed E-state index contributed by atoms with van der Waals surface area (Å²) in [4.78, 5) is 25.4. The highest BCUT2D eigenvalue weighted by molar-refractivity contribution is 5.95. The molecular formula is C20H23F4N3O3. The van der Waals surface area contributed by atoms with Crippen molar-refractivity contribution in [1.82, 2.24) is 10.3 Å². The number of amides is 1. The maximum atomic E-state index is 13.9. The number of halogens is 4. The van der Waals surface area contributed by atoms with Gasteiger partial charge in [0.1, 0.15) is 18.7 Å². The first kappa shape index (κ1) is 24.9. The number of ether oxygens (including phenoxy) is 1. The third-order valence-corrected chi connectivity index (χ3v) is 3.67. The molecule has 1 aromatic carbocycles. The lowest BCUT2D eigenvalue weighted by molar-refractivity contribution is -0.107. The van der Waals surface area contributed by atoms with Crippen LogP contribution in [0.5, 0.6) is 5.75 Å². The maximum absolute atomic E-state index is 13.9. The number of nitrogens with one attached hydrogen (secondary N) is 2. The number of aromatic nitrogens is 1. The Morgan fingerprint density at radius 3 is 2.33 bits per heavy atom. The number of pyridine rings is 1. The fraction of sp³-hybridized carbons (Fsp3) is 0.350. The van der Waals surface area contributed by atoms with Crippen LogP contribution >= 0.6 is 0 Å². The summed E-state index contributed by atoms with van der Waals surface area (Å²) in [5.74, 6) is -3.09. The van der Waals surface area contributed by atoms with E-state index in [-0.39, 0.29) is 5.56 Å². The Kier molecular flexibility index (Phi) is 10.3. The van der Waals surface area contributed by atoms with Gasteiger partial charge in [-0.15, -0.1) is 0 Å². The van der Waals surface area contributed by atoms with Crippen LogP contribution in [0, 0.1) is 11.6 Å². The van der Waals surface area contributed by atoms with Crippen LogP contribution in [0.15, 0.2) is 30.5 Å². The van der Waals surface area contributed by atoms with Crippen LogP contribution in [0.3, 0.4) is 0 Å². The number of alkyl halides is 2. The Morgan fingerprint density at radius 1 is 1.23 bits per heavy atom. The van der Waals surface area contributed by atoms with Gasteiger partial charge in [0.05, 0.1) is 6.04 Å². The highest BCUT2D eigenvalue weighted by atomic mass is 19.3. The summed E-state index contributed by atoms with van der Waals surface area (Å²) in [6, 6.07) is 4.14. The van der Waals surface area contributed by atoms with Crippen LogP contribution in [0.4, 0.5) is 23.4 Å². The molecule has 0 spiro atoms. The lowest BCUT2D eigenvalue weighted by Crippen LogP contribution is -2.27. The summed E-state index contributed by atoms with van der Waals surface area (Å²) in [6.07, 6.45) is 0.106. The minimum absolute atomic E-state index is 0.126. The van der Waals surface area contributed by atoms with Gasteiger partial charge in [0, 0.05) is 25.2 Å². The standard InChI is InChI=1S/C17H17F4N3O2.C3H6O/c1-9(24-17(25)10-3-4-23-15(7-10)22-2)11-5-12(18)16(13(19)6-11)26-8-14(20)21;1-2-3-4/h3-7,9,14H,8H2,1-2H3,(H,22,23)(H,24,25);3H,2H2,1H3. The molecule has 6 nitrogen and oxygen atoms in total. The van der Waals surface area contributed by atoms with E-state index in [4.69, 9.17) is 0 Å². The summed E-state index contributed by atoms with van der Waals surface area (Å²) < 4.78 is 56.6. The molecule has 0 bridgehead atoms. The normalized spacial score (nSPS) is 11.2. The van der Waals surface area contributed by atoms with Crippen molar-refractivity contribution < 1.29 is 31.9 Å². The third-order valence-electron chi connectivity index (χ3n) is 3.67. The lowest BCUT2D eigenvalue weighted by atomic mass is 10.1. The van der Waals surface area contributed by atoms with E-state index in [2.05, 4.69) is 20.4 Å². The fourth-order valence-corrected chi connectivity index (χ4v) is 2.19. The zero-order chi connectivity index (χ0) is 22.7. The molecule has 0 aliphatic heterocycles. The quantitative estimate of drug-likeness (QED) is 0.487. The number of hydrogen-bond donors (Lipinski definition) is 2. The zero-order valence-electron chi connectivity index (χ0n) is 16.7. The number of hydrogen-bond acceptors (Lipinski definition) is 5. The van der Waals surface area contributed by atoms with Crippen molar-refractivity contribution in [2.45, 2.75) is 32.7 Å². The van der Waals surface area contributed by atoms with E-state index in [0.717, 1.165) is 18.4 Å². The van der Waals surface area contributed by atoms with E-state index in [9.17, 15) is 27.2 Å².